The number of benzene rings is 3. The normalized spacial score (nSPS) is 14.8. The smallest absolute Gasteiger partial charge is 0.127 e. The Morgan fingerprint density at radius 3 is 2.54 bits per heavy atom. The molecule has 1 heterocycles. The zero-order chi connectivity index (χ0) is 16.2. The van der Waals surface area contributed by atoms with Crippen LogP contribution >= 0.6 is 0 Å². The summed E-state index contributed by atoms with van der Waals surface area (Å²) in [5.41, 5.74) is 2.44. The van der Waals surface area contributed by atoms with Crippen LogP contribution in [0.25, 0.3) is 10.8 Å². The molecule has 3 nitrogen and oxygen atoms in total. The minimum atomic E-state index is 0.588. The van der Waals surface area contributed by atoms with Crippen molar-refractivity contribution < 1.29 is 9.47 Å². The molecule has 24 heavy (non-hydrogen) atoms. The van der Waals surface area contributed by atoms with Gasteiger partial charge >= 0.3 is 0 Å². The molecule has 0 unspecified atom stereocenters. The molecule has 0 atom stereocenters. The summed E-state index contributed by atoms with van der Waals surface area (Å²) < 4.78 is 11.5. The van der Waals surface area contributed by atoms with Gasteiger partial charge in [0.25, 0.3) is 0 Å². The van der Waals surface area contributed by atoms with Crippen LogP contribution in [0, 0.1) is 0 Å². The fourth-order valence-electron chi connectivity index (χ4n) is 3.12. The van der Waals surface area contributed by atoms with Gasteiger partial charge in [-0.2, -0.15) is 0 Å². The number of ether oxygens (including phenoxy) is 2. The topological polar surface area (TPSA) is 21.7 Å². The molecule has 3 heteroatoms. The second kappa shape index (κ2) is 6.93. The van der Waals surface area contributed by atoms with E-state index in [2.05, 4.69) is 47.4 Å². The summed E-state index contributed by atoms with van der Waals surface area (Å²) in [6.45, 7) is 4.10. The van der Waals surface area contributed by atoms with Crippen molar-refractivity contribution in [1.29, 1.82) is 0 Å². The minimum Gasteiger partial charge on any atom is -0.488 e. The number of hydrogen-bond acceptors (Lipinski definition) is 3. The van der Waals surface area contributed by atoms with Crippen LogP contribution in [0.1, 0.15) is 5.56 Å². The van der Waals surface area contributed by atoms with Gasteiger partial charge in [0.15, 0.2) is 0 Å². The zero-order valence-corrected chi connectivity index (χ0v) is 13.7. The molecular formula is C21H21NO2. The monoisotopic (exact) mass is 319 g/mol. The second-order valence-corrected chi connectivity index (χ2v) is 6.04. The van der Waals surface area contributed by atoms with Gasteiger partial charge in [0.05, 0.1) is 13.2 Å². The molecule has 1 saturated heterocycles. The van der Waals surface area contributed by atoms with Gasteiger partial charge in [-0.15, -0.1) is 0 Å². The van der Waals surface area contributed by atoms with Crippen molar-refractivity contribution >= 4 is 16.5 Å². The van der Waals surface area contributed by atoms with Crippen molar-refractivity contribution in [1.82, 2.24) is 0 Å². The van der Waals surface area contributed by atoms with E-state index in [1.54, 1.807) is 0 Å². The van der Waals surface area contributed by atoms with Gasteiger partial charge in [0, 0.05) is 24.2 Å². The Bertz CT molecular complexity index is 810. The van der Waals surface area contributed by atoms with Gasteiger partial charge in [-0.05, 0) is 35.2 Å². The van der Waals surface area contributed by atoms with E-state index < -0.39 is 0 Å². The SMILES string of the molecule is c1ccc(COc2cccc3cc(N4CCOCC4)ccc23)cc1. The highest BCUT2D eigenvalue weighted by Gasteiger charge is 2.12. The second-order valence-electron chi connectivity index (χ2n) is 6.04. The molecule has 1 aliphatic rings. The van der Waals surface area contributed by atoms with Crippen molar-refractivity contribution in [3.8, 4) is 5.75 Å². The molecule has 0 aliphatic carbocycles. The van der Waals surface area contributed by atoms with E-state index in [0.29, 0.717) is 6.61 Å². The summed E-state index contributed by atoms with van der Waals surface area (Å²) in [7, 11) is 0. The van der Waals surface area contributed by atoms with Crippen LogP contribution in [0.5, 0.6) is 5.75 Å². The van der Waals surface area contributed by atoms with Crippen LogP contribution in [0.2, 0.25) is 0 Å². The van der Waals surface area contributed by atoms with Gasteiger partial charge in [0.1, 0.15) is 12.4 Å². The summed E-state index contributed by atoms with van der Waals surface area (Å²) in [4.78, 5) is 2.38. The first-order chi connectivity index (χ1) is 11.9. The maximum Gasteiger partial charge on any atom is 0.127 e. The Morgan fingerprint density at radius 2 is 1.71 bits per heavy atom. The van der Waals surface area contributed by atoms with Gasteiger partial charge in [0.2, 0.25) is 0 Å². The Hall–Kier alpha value is -2.52. The summed E-state index contributed by atoms with van der Waals surface area (Å²) in [6, 6.07) is 23.1. The largest absolute Gasteiger partial charge is 0.488 e. The molecule has 3 aromatic carbocycles. The number of rotatable bonds is 4. The van der Waals surface area contributed by atoms with Crippen molar-refractivity contribution in [2.24, 2.45) is 0 Å². The molecule has 0 bridgehead atoms. The molecule has 0 spiro atoms. The van der Waals surface area contributed by atoms with Crippen LogP contribution < -0.4 is 9.64 Å². The Balaban J connectivity index is 1.58. The van der Waals surface area contributed by atoms with Crippen molar-refractivity contribution in [3.05, 3.63) is 72.3 Å². The Morgan fingerprint density at radius 1 is 0.875 bits per heavy atom. The fraction of sp³-hybridized carbons (Fsp3) is 0.238. The first-order valence-electron chi connectivity index (χ1n) is 8.42. The van der Waals surface area contributed by atoms with E-state index in [9.17, 15) is 0 Å². The Labute approximate surface area is 142 Å². The number of hydrogen-bond donors (Lipinski definition) is 0. The maximum atomic E-state index is 6.06. The van der Waals surface area contributed by atoms with Gasteiger partial charge in [-0.3, -0.25) is 0 Å². The number of fused-ring (bicyclic) bond motifs is 1. The van der Waals surface area contributed by atoms with Crippen LogP contribution in [0.3, 0.4) is 0 Å². The highest BCUT2D eigenvalue weighted by Crippen LogP contribution is 2.30. The summed E-state index contributed by atoms with van der Waals surface area (Å²) >= 11 is 0. The molecule has 1 fully saturated rings. The van der Waals surface area contributed by atoms with E-state index >= 15 is 0 Å². The lowest BCUT2D eigenvalue weighted by Gasteiger charge is -2.29. The molecule has 0 N–H and O–H groups in total. The molecule has 0 saturated carbocycles. The highest BCUT2D eigenvalue weighted by molar-refractivity contribution is 5.91. The van der Waals surface area contributed by atoms with Crippen LogP contribution in [-0.4, -0.2) is 26.3 Å². The first kappa shape index (κ1) is 15.0. The van der Waals surface area contributed by atoms with Gasteiger partial charge < -0.3 is 14.4 Å². The van der Waals surface area contributed by atoms with Crippen LogP contribution in [0.15, 0.2) is 66.7 Å². The van der Waals surface area contributed by atoms with E-state index in [1.807, 2.05) is 24.3 Å². The first-order valence-corrected chi connectivity index (χ1v) is 8.42. The average molecular weight is 319 g/mol. The third-order valence-electron chi connectivity index (χ3n) is 4.44. The van der Waals surface area contributed by atoms with E-state index in [0.717, 1.165) is 37.4 Å². The van der Waals surface area contributed by atoms with E-state index in [4.69, 9.17) is 9.47 Å². The predicted molar refractivity (Wildman–Crippen MR) is 97.8 cm³/mol. The molecule has 0 radical (unpaired) electrons. The minimum absolute atomic E-state index is 0.588. The standard InChI is InChI=1S/C21H21NO2/c1-2-5-17(6-3-1)16-24-21-8-4-7-18-15-19(9-10-20(18)21)22-11-13-23-14-12-22/h1-10,15H,11-14,16H2. The summed E-state index contributed by atoms with van der Waals surface area (Å²) in [5, 5.41) is 2.37. The lowest BCUT2D eigenvalue weighted by atomic mass is 10.1. The Kier molecular flexibility index (Phi) is 4.34. The third-order valence-corrected chi connectivity index (χ3v) is 4.44. The van der Waals surface area contributed by atoms with Crippen LogP contribution in [0.4, 0.5) is 5.69 Å². The predicted octanol–water partition coefficient (Wildman–Crippen LogP) is 4.26. The van der Waals surface area contributed by atoms with Crippen molar-refractivity contribution in [3.63, 3.8) is 0 Å². The lowest BCUT2D eigenvalue weighted by molar-refractivity contribution is 0.122. The quantitative estimate of drug-likeness (QED) is 0.717. The number of nitrogens with zero attached hydrogens (tertiary/aromatic N) is 1. The number of anilines is 1. The zero-order valence-electron chi connectivity index (χ0n) is 13.7. The molecule has 122 valence electrons. The molecule has 4 rings (SSSR count). The highest BCUT2D eigenvalue weighted by atomic mass is 16.5. The summed E-state index contributed by atoms with van der Waals surface area (Å²) in [5.74, 6) is 0.935. The number of morpholine rings is 1. The molecule has 0 amide bonds. The van der Waals surface area contributed by atoms with E-state index in [1.165, 1.54) is 16.6 Å². The molecule has 0 aromatic heterocycles. The van der Waals surface area contributed by atoms with E-state index in [-0.39, 0.29) is 0 Å². The van der Waals surface area contributed by atoms with Gasteiger partial charge in [-0.1, -0.05) is 42.5 Å². The molecule has 3 aromatic rings. The molecular weight excluding hydrogens is 298 g/mol. The third kappa shape index (κ3) is 3.22. The lowest BCUT2D eigenvalue weighted by Crippen LogP contribution is -2.36. The molecule has 1 aliphatic heterocycles. The summed E-state index contributed by atoms with van der Waals surface area (Å²) in [6.07, 6.45) is 0. The van der Waals surface area contributed by atoms with Gasteiger partial charge in [-0.25, -0.2) is 0 Å². The van der Waals surface area contributed by atoms with Crippen molar-refractivity contribution in [2.75, 3.05) is 31.2 Å². The fourth-order valence-corrected chi connectivity index (χ4v) is 3.12. The average Bonchev–Trinajstić information content (AvgIpc) is 2.67. The van der Waals surface area contributed by atoms with Crippen LogP contribution in [-0.2, 0) is 11.3 Å². The van der Waals surface area contributed by atoms with Crippen molar-refractivity contribution in [2.45, 2.75) is 6.61 Å². The maximum absolute atomic E-state index is 6.06.